The van der Waals surface area contributed by atoms with Crippen molar-refractivity contribution in [2.24, 2.45) is 5.41 Å². The van der Waals surface area contributed by atoms with Crippen molar-refractivity contribution >= 4 is 44.9 Å². The van der Waals surface area contributed by atoms with Gasteiger partial charge in [-0.2, -0.15) is 9.49 Å². The standard InChI is InChI=1S/C28H23FN6OS/c1-28(2,3)27(36)32-17-10-16(13-30-14-17)15-4-5-21-20(11-15)25(35-34-21)22-12-19-18(8-9-31-26(19)33-22)23-6-7-24(29)37-23/h4-14H,1-3H3,(H,31,33)(H,32,36)(H,34,35). The molecule has 5 aromatic heterocycles. The predicted octanol–water partition coefficient (Wildman–Crippen LogP) is 7.02. The molecule has 5 heterocycles. The fraction of sp³-hybridized carbons (Fsp3) is 0.143. The first-order chi connectivity index (χ1) is 17.8. The minimum absolute atomic E-state index is 0.0731. The number of fused-ring (bicyclic) bond motifs is 2. The Morgan fingerprint density at radius 1 is 1.00 bits per heavy atom. The Morgan fingerprint density at radius 3 is 2.65 bits per heavy atom. The van der Waals surface area contributed by atoms with Crippen LogP contribution in [0, 0.1) is 10.5 Å². The van der Waals surface area contributed by atoms with E-state index in [9.17, 15) is 9.18 Å². The Bertz CT molecular complexity index is 1790. The number of carbonyl (C=O) groups excluding carboxylic acids is 1. The van der Waals surface area contributed by atoms with E-state index in [0.717, 1.165) is 60.6 Å². The number of benzene rings is 1. The molecule has 6 aromatic rings. The molecule has 0 saturated carbocycles. The molecule has 0 aliphatic rings. The zero-order valence-corrected chi connectivity index (χ0v) is 21.2. The topological polar surface area (TPSA) is 99.3 Å². The highest BCUT2D eigenvalue weighted by atomic mass is 32.1. The monoisotopic (exact) mass is 510 g/mol. The average Bonchev–Trinajstić information content (AvgIpc) is 3.60. The van der Waals surface area contributed by atoms with E-state index in [1.54, 1.807) is 24.7 Å². The van der Waals surface area contributed by atoms with Crippen molar-refractivity contribution in [3.05, 3.63) is 72.3 Å². The lowest BCUT2D eigenvalue weighted by atomic mass is 9.95. The van der Waals surface area contributed by atoms with Crippen molar-refractivity contribution in [2.75, 3.05) is 5.32 Å². The summed E-state index contributed by atoms with van der Waals surface area (Å²) in [5.74, 6) is -0.0731. The Morgan fingerprint density at radius 2 is 1.86 bits per heavy atom. The normalized spacial score (nSPS) is 11.9. The third-order valence-electron chi connectivity index (χ3n) is 6.20. The first kappa shape index (κ1) is 23.1. The van der Waals surface area contributed by atoms with Crippen LogP contribution in [0.4, 0.5) is 10.1 Å². The van der Waals surface area contributed by atoms with E-state index >= 15 is 0 Å². The molecule has 7 nitrogen and oxygen atoms in total. The zero-order chi connectivity index (χ0) is 25.7. The molecule has 3 N–H and O–H groups in total. The van der Waals surface area contributed by atoms with E-state index in [4.69, 9.17) is 0 Å². The highest BCUT2D eigenvalue weighted by Crippen LogP contribution is 2.36. The Balaban J connectivity index is 1.40. The van der Waals surface area contributed by atoms with Gasteiger partial charge < -0.3 is 10.3 Å². The van der Waals surface area contributed by atoms with E-state index in [2.05, 4.69) is 36.5 Å². The number of nitrogens with one attached hydrogen (secondary N) is 3. The first-order valence-electron chi connectivity index (χ1n) is 11.7. The molecular weight excluding hydrogens is 487 g/mol. The van der Waals surface area contributed by atoms with E-state index in [1.807, 2.05) is 51.1 Å². The quantitative estimate of drug-likeness (QED) is 0.237. The molecule has 0 spiro atoms. The van der Waals surface area contributed by atoms with Gasteiger partial charge in [0.15, 0.2) is 5.13 Å². The van der Waals surface area contributed by atoms with Crippen LogP contribution in [0.15, 0.2) is 67.1 Å². The smallest absolute Gasteiger partial charge is 0.229 e. The lowest BCUT2D eigenvalue weighted by Gasteiger charge is -2.17. The molecule has 0 aliphatic carbocycles. The van der Waals surface area contributed by atoms with Gasteiger partial charge in [-0.05, 0) is 48.0 Å². The minimum Gasteiger partial charge on any atom is -0.338 e. The second-order valence-corrected chi connectivity index (χ2v) is 10.9. The van der Waals surface area contributed by atoms with Crippen LogP contribution >= 0.6 is 11.3 Å². The van der Waals surface area contributed by atoms with Gasteiger partial charge in [0.2, 0.25) is 5.91 Å². The van der Waals surface area contributed by atoms with Crippen LogP contribution in [0.25, 0.3) is 54.9 Å². The summed E-state index contributed by atoms with van der Waals surface area (Å²) >= 11 is 1.11. The maximum absolute atomic E-state index is 13.7. The van der Waals surface area contributed by atoms with Gasteiger partial charge in [-0.1, -0.05) is 26.8 Å². The van der Waals surface area contributed by atoms with Gasteiger partial charge in [-0.25, -0.2) is 4.98 Å². The number of pyridine rings is 2. The van der Waals surface area contributed by atoms with Crippen LogP contribution in [-0.2, 0) is 4.79 Å². The summed E-state index contributed by atoms with van der Waals surface area (Å²) in [7, 11) is 0. The molecule has 0 aliphatic heterocycles. The predicted molar refractivity (Wildman–Crippen MR) is 146 cm³/mol. The van der Waals surface area contributed by atoms with Crippen LogP contribution in [0.2, 0.25) is 0 Å². The largest absolute Gasteiger partial charge is 0.338 e. The number of aromatic amines is 2. The number of aromatic nitrogens is 5. The number of halogens is 1. The van der Waals surface area contributed by atoms with Crippen molar-refractivity contribution in [1.29, 1.82) is 0 Å². The maximum atomic E-state index is 13.7. The van der Waals surface area contributed by atoms with Crippen LogP contribution in [-0.4, -0.2) is 31.1 Å². The summed E-state index contributed by atoms with van der Waals surface area (Å²) in [6.07, 6.45) is 5.13. The number of thiophene rings is 1. The summed E-state index contributed by atoms with van der Waals surface area (Å²) in [6.45, 7) is 5.61. The van der Waals surface area contributed by atoms with Crippen molar-refractivity contribution in [2.45, 2.75) is 20.8 Å². The fourth-order valence-electron chi connectivity index (χ4n) is 4.21. The lowest BCUT2D eigenvalue weighted by molar-refractivity contribution is -0.123. The molecule has 0 atom stereocenters. The molecule has 6 rings (SSSR count). The molecule has 0 bridgehead atoms. The first-order valence-corrected chi connectivity index (χ1v) is 12.6. The molecule has 0 unspecified atom stereocenters. The second kappa shape index (κ2) is 8.63. The Kier molecular flexibility index (Phi) is 5.38. The SMILES string of the molecule is CC(C)(C)C(=O)Nc1cncc(-c2ccc3[nH]nc(-c4cc5c(-c6ccc(F)s6)ccnc5[nH]4)c3c2)c1. The summed E-state index contributed by atoms with van der Waals surface area (Å²) in [6, 6.07) is 15.1. The number of nitrogens with zero attached hydrogens (tertiary/aromatic N) is 3. The van der Waals surface area contributed by atoms with Crippen LogP contribution < -0.4 is 5.32 Å². The molecule has 1 aromatic carbocycles. The number of H-pyrrole nitrogens is 2. The molecular formula is C28H23FN6OS. The molecule has 184 valence electrons. The summed E-state index contributed by atoms with van der Waals surface area (Å²) < 4.78 is 13.7. The van der Waals surface area contributed by atoms with Gasteiger partial charge in [-0.15, -0.1) is 11.3 Å². The number of carbonyl (C=O) groups is 1. The summed E-state index contributed by atoms with van der Waals surface area (Å²) in [4.78, 5) is 25.5. The van der Waals surface area contributed by atoms with E-state index in [-0.39, 0.29) is 11.0 Å². The van der Waals surface area contributed by atoms with Crippen molar-refractivity contribution < 1.29 is 9.18 Å². The van der Waals surface area contributed by atoms with Crippen LogP contribution in [0.1, 0.15) is 20.8 Å². The van der Waals surface area contributed by atoms with Crippen LogP contribution in [0.3, 0.4) is 0 Å². The average molecular weight is 511 g/mol. The minimum atomic E-state index is -0.507. The molecule has 37 heavy (non-hydrogen) atoms. The van der Waals surface area contributed by atoms with E-state index < -0.39 is 5.41 Å². The third kappa shape index (κ3) is 4.27. The molecule has 1 amide bonds. The zero-order valence-electron chi connectivity index (χ0n) is 20.4. The van der Waals surface area contributed by atoms with Crippen LogP contribution in [0.5, 0.6) is 0 Å². The molecule has 9 heteroatoms. The number of anilines is 1. The molecule has 0 saturated heterocycles. The van der Waals surface area contributed by atoms with E-state index in [0.29, 0.717) is 11.3 Å². The van der Waals surface area contributed by atoms with Gasteiger partial charge >= 0.3 is 0 Å². The van der Waals surface area contributed by atoms with Crippen molar-refractivity contribution in [3.63, 3.8) is 0 Å². The van der Waals surface area contributed by atoms with Gasteiger partial charge in [0.25, 0.3) is 0 Å². The van der Waals surface area contributed by atoms with E-state index in [1.165, 1.54) is 6.07 Å². The number of amides is 1. The Labute approximate surface area is 215 Å². The highest BCUT2D eigenvalue weighted by molar-refractivity contribution is 7.14. The van der Waals surface area contributed by atoms with Crippen molar-refractivity contribution in [3.8, 4) is 33.0 Å². The molecule has 0 fully saturated rings. The molecule has 0 radical (unpaired) electrons. The van der Waals surface area contributed by atoms with Gasteiger partial charge in [0.05, 0.1) is 23.1 Å². The summed E-state index contributed by atoms with van der Waals surface area (Å²) in [5, 5.41) is 12.2. The van der Waals surface area contributed by atoms with Crippen molar-refractivity contribution in [1.82, 2.24) is 25.1 Å². The maximum Gasteiger partial charge on any atom is 0.229 e. The third-order valence-corrected chi connectivity index (χ3v) is 7.11. The fourth-order valence-corrected chi connectivity index (χ4v) is 4.98. The number of rotatable bonds is 4. The lowest BCUT2D eigenvalue weighted by Crippen LogP contribution is -2.27. The number of hydrogen-bond donors (Lipinski definition) is 3. The Hall–Kier alpha value is -4.37. The van der Waals surface area contributed by atoms with Gasteiger partial charge in [0.1, 0.15) is 11.3 Å². The number of hydrogen-bond acceptors (Lipinski definition) is 5. The van der Waals surface area contributed by atoms with Gasteiger partial charge in [0, 0.05) is 44.6 Å². The second-order valence-electron chi connectivity index (χ2n) is 9.91. The van der Waals surface area contributed by atoms with Gasteiger partial charge in [-0.3, -0.25) is 14.9 Å². The summed E-state index contributed by atoms with van der Waals surface area (Å²) in [5.41, 5.74) is 6.03. The highest BCUT2D eigenvalue weighted by Gasteiger charge is 2.21.